The number of hydrogen-bond donors (Lipinski definition) is 1. The molecule has 5 heteroatoms. The van der Waals surface area contributed by atoms with Crippen molar-refractivity contribution in [1.29, 1.82) is 0 Å². The number of carbonyl (C=O) groups is 1. The number of unbranched alkanes of at least 4 members (excludes halogenated alkanes) is 14. The Hall–Kier alpha value is 0.673. The van der Waals surface area contributed by atoms with E-state index >= 15 is 0 Å². The van der Waals surface area contributed by atoms with E-state index in [0.29, 0.717) is 6.42 Å². The molecule has 0 heterocycles. The summed E-state index contributed by atoms with van der Waals surface area (Å²) >= 11 is -0.931. The fourth-order valence-electron chi connectivity index (χ4n) is 2.65. The third-order valence-electron chi connectivity index (χ3n) is 3.99. The first-order valence-electron chi connectivity index (χ1n) is 9.52. The molecule has 0 atom stereocenters. The van der Waals surface area contributed by atoms with Gasteiger partial charge in [0.25, 0.3) is 0 Å². The van der Waals surface area contributed by atoms with Gasteiger partial charge in [0.2, 0.25) is 0 Å². The second-order valence-corrected chi connectivity index (χ2v) is 10.8. The number of hydrogen-bond acceptors (Lipinski definition) is 1. The van der Waals surface area contributed by atoms with Crippen LogP contribution in [0, 0.1) is 0 Å². The summed E-state index contributed by atoms with van der Waals surface area (Å²) in [6, 6.07) is 0. The third kappa shape index (κ3) is 31.0. The van der Waals surface area contributed by atoms with Crippen molar-refractivity contribution in [2.24, 2.45) is 0 Å². The minimum atomic E-state index is -0.931. The summed E-state index contributed by atoms with van der Waals surface area (Å²) in [7, 11) is 9.90. The average Bonchev–Trinajstić information content (AvgIpc) is 2.51. The Morgan fingerprint density at radius 1 is 0.696 bits per heavy atom. The zero-order valence-electron chi connectivity index (χ0n) is 15.1. The molecule has 2 nitrogen and oxygen atoms in total. The van der Waals surface area contributed by atoms with Crippen LogP contribution in [0.2, 0.25) is 0 Å². The monoisotopic (exact) mass is 418 g/mol. The van der Waals surface area contributed by atoms with Gasteiger partial charge in [0.05, 0.1) is 0 Å². The molecule has 0 aliphatic carbocycles. The van der Waals surface area contributed by atoms with Crippen LogP contribution in [0.15, 0.2) is 0 Å². The summed E-state index contributed by atoms with van der Waals surface area (Å²) < 4.78 is 0. The second kappa shape index (κ2) is 24.9. The van der Waals surface area contributed by atoms with E-state index in [9.17, 15) is 4.79 Å². The molecular weight excluding hydrogens is 384 g/mol. The molecule has 0 unspecified atom stereocenters. The van der Waals surface area contributed by atoms with E-state index in [1.54, 1.807) is 0 Å². The molecule has 0 spiro atoms. The number of halogens is 2. The van der Waals surface area contributed by atoms with Crippen LogP contribution in [0.5, 0.6) is 0 Å². The van der Waals surface area contributed by atoms with Gasteiger partial charge in [0, 0.05) is 6.42 Å². The van der Waals surface area contributed by atoms with Gasteiger partial charge in [0.1, 0.15) is 0 Å². The predicted octanol–water partition coefficient (Wildman–Crippen LogP) is 7.71. The zero-order valence-corrected chi connectivity index (χ0v) is 19.6. The molecule has 0 amide bonds. The van der Waals surface area contributed by atoms with E-state index in [2.05, 4.69) is 6.92 Å². The second-order valence-electron chi connectivity index (χ2n) is 6.19. The minimum absolute atomic E-state index is 0.345. The number of aliphatic carboxylic acids is 1. The fourth-order valence-corrected chi connectivity index (χ4v) is 2.65. The van der Waals surface area contributed by atoms with Gasteiger partial charge in [-0.1, -0.05) is 96.8 Å². The van der Waals surface area contributed by atoms with Gasteiger partial charge in [-0.25, -0.2) is 0 Å². The first-order valence-corrected chi connectivity index (χ1v) is 17.3. The molecule has 136 valence electrons. The molecule has 23 heavy (non-hydrogen) atoms. The molecule has 0 fully saturated rings. The Morgan fingerprint density at radius 3 is 1.22 bits per heavy atom. The van der Waals surface area contributed by atoms with Gasteiger partial charge in [-0.15, -0.1) is 0 Å². The summed E-state index contributed by atoms with van der Waals surface area (Å²) in [4.78, 5) is 10.3. The van der Waals surface area contributed by atoms with Gasteiger partial charge < -0.3 is 5.11 Å². The molecule has 0 saturated heterocycles. The number of carboxylic acids is 1. The molecule has 0 aromatic rings. The van der Waals surface area contributed by atoms with E-state index in [1.807, 2.05) is 0 Å². The van der Waals surface area contributed by atoms with Crippen LogP contribution in [0.1, 0.15) is 110 Å². The average molecular weight is 421 g/mol. The molecule has 0 aliphatic rings. The third-order valence-corrected chi connectivity index (χ3v) is 3.99. The van der Waals surface area contributed by atoms with Crippen molar-refractivity contribution in [2.75, 3.05) is 0 Å². The van der Waals surface area contributed by atoms with Crippen molar-refractivity contribution in [3.8, 4) is 0 Å². The first kappa shape index (κ1) is 25.9. The molecule has 0 aromatic carbocycles. The SMILES string of the molecule is CCCCCCCCCCCCCCCCCC(=O)O.[Cl][Zn][Cl]. The van der Waals surface area contributed by atoms with Crippen molar-refractivity contribution < 1.29 is 25.0 Å². The van der Waals surface area contributed by atoms with Gasteiger partial charge >= 0.3 is 40.5 Å². The summed E-state index contributed by atoms with van der Waals surface area (Å²) in [6.45, 7) is 2.27. The maximum absolute atomic E-state index is 10.3. The molecular formula is C18H36Cl2O2Zn. The molecule has 1 N–H and O–H groups in total. The molecule has 0 radical (unpaired) electrons. The van der Waals surface area contributed by atoms with E-state index in [0.717, 1.165) is 12.8 Å². The molecule has 0 bridgehead atoms. The van der Waals surface area contributed by atoms with Crippen LogP contribution in [-0.2, 0) is 19.9 Å². The van der Waals surface area contributed by atoms with E-state index in [-0.39, 0.29) is 0 Å². The Bertz CT molecular complexity index is 229. The summed E-state index contributed by atoms with van der Waals surface area (Å²) in [5, 5.41) is 8.52. The van der Waals surface area contributed by atoms with Gasteiger partial charge in [-0.2, -0.15) is 0 Å². The molecule has 0 aliphatic heterocycles. The van der Waals surface area contributed by atoms with Gasteiger partial charge in [-0.3, -0.25) is 4.79 Å². The number of carboxylic acid groups (broad SMARTS) is 1. The van der Waals surface area contributed by atoms with Crippen molar-refractivity contribution in [1.82, 2.24) is 0 Å². The summed E-state index contributed by atoms with van der Waals surface area (Å²) in [5.41, 5.74) is 0. The zero-order chi connectivity index (χ0) is 17.6. The van der Waals surface area contributed by atoms with Crippen LogP contribution >= 0.6 is 19.4 Å². The topological polar surface area (TPSA) is 37.3 Å². The molecule has 0 aromatic heterocycles. The quantitative estimate of drug-likeness (QED) is 0.205. The van der Waals surface area contributed by atoms with Crippen LogP contribution in [0.25, 0.3) is 0 Å². The normalized spacial score (nSPS) is 9.87. The maximum atomic E-state index is 10.3. The first-order chi connectivity index (χ1) is 11.2. The van der Waals surface area contributed by atoms with Crippen LogP contribution in [0.4, 0.5) is 0 Å². The standard InChI is InChI=1S/C18H36O2.2ClH.Zn/c1-2-3-4-5-6-7-8-9-10-11-12-13-14-15-16-17-18(19)20;;;/h2-17H2,1H3,(H,19,20);2*1H;/q;;;+2/p-2. The molecule has 0 saturated carbocycles. The van der Waals surface area contributed by atoms with Crippen molar-refractivity contribution >= 4 is 25.4 Å². The van der Waals surface area contributed by atoms with Crippen LogP contribution in [-0.4, -0.2) is 11.1 Å². The van der Waals surface area contributed by atoms with Crippen LogP contribution < -0.4 is 0 Å². The summed E-state index contributed by atoms with van der Waals surface area (Å²) in [6.07, 6.45) is 20.2. The van der Waals surface area contributed by atoms with Crippen molar-refractivity contribution in [3.05, 3.63) is 0 Å². The van der Waals surface area contributed by atoms with E-state index in [4.69, 9.17) is 24.5 Å². The van der Waals surface area contributed by atoms with Gasteiger partial charge in [0.15, 0.2) is 0 Å². The Balaban J connectivity index is 0. The van der Waals surface area contributed by atoms with E-state index < -0.39 is 21.1 Å². The number of rotatable bonds is 16. The Morgan fingerprint density at radius 2 is 0.957 bits per heavy atom. The Kier molecular flexibility index (Phi) is 28.1. The van der Waals surface area contributed by atoms with Crippen molar-refractivity contribution in [3.63, 3.8) is 0 Å². The van der Waals surface area contributed by atoms with Gasteiger partial charge in [-0.05, 0) is 6.42 Å². The van der Waals surface area contributed by atoms with Crippen LogP contribution in [0.3, 0.4) is 0 Å². The summed E-state index contributed by atoms with van der Waals surface area (Å²) in [5.74, 6) is -0.653. The molecule has 0 rings (SSSR count). The Labute approximate surface area is 159 Å². The van der Waals surface area contributed by atoms with Crippen molar-refractivity contribution in [2.45, 2.75) is 110 Å². The predicted molar refractivity (Wildman–Crippen MR) is 98.9 cm³/mol. The fraction of sp³-hybridized carbons (Fsp3) is 0.944. The van der Waals surface area contributed by atoms with E-state index in [1.165, 1.54) is 83.5 Å².